The second-order valence-electron chi connectivity index (χ2n) is 5.72. The van der Waals surface area contributed by atoms with E-state index in [-0.39, 0.29) is 17.2 Å². The largest absolute Gasteiger partial charge is 0.301 e. The van der Waals surface area contributed by atoms with E-state index < -0.39 is 0 Å². The standard InChI is InChI=1S/C16H20N4O2S2/c1-3-10-9(2)17-15(20-14(10)22)23-8-13(21)19-16-18-11-6-4-5-7-12(11)24-16/h3-8H2,1-2H3,(H,17,20,22)(H,18,19,21). The Morgan fingerprint density at radius 1 is 1.33 bits per heavy atom. The molecule has 2 heterocycles. The van der Waals surface area contributed by atoms with Gasteiger partial charge in [-0.25, -0.2) is 9.97 Å². The van der Waals surface area contributed by atoms with Crippen LogP contribution in [-0.4, -0.2) is 26.6 Å². The van der Waals surface area contributed by atoms with Crippen LogP contribution in [0.4, 0.5) is 5.13 Å². The van der Waals surface area contributed by atoms with Crippen molar-refractivity contribution in [3.63, 3.8) is 0 Å². The minimum atomic E-state index is -0.133. The van der Waals surface area contributed by atoms with E-state index in [4.69, 9.17) is 0 Å². The van der Waals surface area contributed by atoms with Crippen LogP contribution in [0.2, 0.25) is 0 Å². The molecule has 0 saturated heterocycles. The maximum absolute atomic E-state index is 12.1. The second kappa shape index (κ2) is 7.48. The third kappa shape index (κ3) is 3.87. The van der Waals surface area contributed by atoms with E-state index in [0.29, 0.717) is 22.3 Å². The maximum atomic E-state index is 12.1. The van der Waals surface area contributed by atoms with E-state index in [1.165, 1.54) is 29.5 Å². The van der Waals surface area contributed by atoms with E-state index in [9.17, 15) is 9.59 Å². The van der Waals surface area contributed by atoms with Crippen molar-refractivity contribution >= 4 is 34.1 Å². The lowest BCUT2D eigenvalue weighted by molar-refractivity contribution is -0.113. The van der Waals surface area contributed by atoms with Crippen LogP contribution in [0.15, 0.2) is 9.95 Å². The third-order valence-electron chi connectivity index (χ3n) is 3.99. The van der Waals surface area contributed by atoms with Gasteiger partial charge in [0.05, 0.1) is 11.4 Å². The first kappa shape index (κ1) is 17.2. The predicted octanol–water partition coefficient (Wildman–Crippen LogP) is 2.71. The van der Waals surface area contributed by atoms with E-state index in [2.05, 4.69) is 20.3 Å². The molecule has 2 aromatic heterocycles. The molecule has 6 nitrogen and oxygen atoms in total. The fourth-order valence-electron chi connectivity index (χ4n) is 2.76. The van der Waals surface area contributed by atoms with Gasteiger partial charge in [0.15, 0.2) is 10.3 Å². The number of H-pyrrole nitrogens is 1. The SMILES string of the molecule is CCc1c(C)nc(SCC(=O)Nc2nc3c(s2)CCCC3)[nH]c1=O. The molecular weight excluding hydrogens is 344 g/mol. The van der Waals surface area contributed by atoms with Crippen molar-refractivity contribution < 1.29 is 4.79 Å². The van der Waals surface area contributed by atoms with Gasteiger partial charge in [-0.3, -0.25) is 9.59 Å². The summed E-state index contributed by atoms with van der Waals surface area (Å²) in [7, 11) is 0. The molecule has 0 atom stereocenters. The zero-order chi connectivity index (χ0) is 17.1. The Labute approximate surface area is 148 Å². The number of amides is 1. The van der Waals surface area contributed by atoms with Crippen molar-refractivity contribution in [2.75, 3.05) is 11.1 Å². The minimum Gasteiger partial charge on any atom is -0.301 e. The molecule has 0 radical (unpaired) electrons. The molecule has 2 N–H and O–H groups in total. The van der Waals surface area contributed by atoms with Crippen molar-refractivity contribution in [1.29, 1.82) is 0 Å². The van der Waals surface area contributed by atoms with Crippen molar-refractivity contribution in [2.45, 2.75) is 51.1 Å². The molecule has 0 saturated carbocycles. The molecule has 1 aliphatic carbocycles. The number of nitrogens with zero attached hydrogens (tertiary/aromatic N) is 2. The first-order valence-electron chi connectivity index (χ1n) is 8.08. The van der Waals surface area contributed by atoms with Gasteiger partial charge < -0.3 is 10.3 Å². The zero-order valence-electron chi connectivity index (χ0n) is 13.8. The highest BCUT2D eigenvalue weighted by molar-refractivity contribution is 7.99. The number of aromatic nitrogens is 3. The van der Waals surface area contributed by atoms with Gasteiger partial charge in [0.25, 0.3) is 5.56 Å². The summed E-state index contributed by atoms with van der Waals surface area (Å²) >= 11 is 2.80. The average Bonchev–Trinajstić information content (AvgIpc) is 2.95. The lowest BCUT2D eigenvalue weighted by Gasteiger charge is -2.06. The Balaban J connectivity index is 1.59. The summed E-state index contributed by atoms with van der Waals surface area (Å²) in [5.74, 6) is 0.0592. The Hall–Kier alpha value is -1.67. The molecule has 24 heavy (non-hydrogen) atoms. The number of carbonyl (C=O) groups excluding carboxylic acids is 1. The topological polar surface area (TPSA) is 87.7 Å². The number of anilines is 1. The van der Waals surface area contributed by atoms with Gasteiger partial charge in [0.1, 0.15) is 0 Å². The van der Waals surface area contributed by atoms with E-state index >= 15 is 0 Å². The first-order chi connectivity index (χ1) is 11.6. The molecule has 0 fully saturated rings. The van der Waals surface area contributed by atoms with Crippen LogP contribution in [0.5, 0.6) is 0 Å². The predicted molar refractivity (Wildman–Crippen MR) is 97.1 cm³/mol. The summed E-state index contributed by atoms with van der Waals surface area (Å²) in [6.45, 7) is 3.74. The number of carbonyl (C=O) groups is 1. The van der Waals surface area contributed by atoms with Crippen LogP contribution in [0.25, 0.3) is 0 Å². The van der Waals surface area contributed by atoms with E-state index in [1.54, 1.807) is 11.3 Å². The van der Waals surface area contributed by atoms with Gasteiger partial charge in [-0.15, -0.1) is 11.3 Å². The van der Waals surface area contributed by atoms with Crippen molar-refractivity contribution in [3.8, 4) is 0 Å². The fraction of sp³-hybridized carbons (Fsp3) is 0.500. The number of thiazole rings is 1. The molecule has 1 aliphatic rings. The molecule has 0 spiro atoms. The summed E-state index contributed by atoms with van der Waals surface area (Å²) in [6, 6.07) is 0. The zero-order valence-corrected chi connectivity index (χ0v) is 15.4. The lowest BCUT2D eigenvalue weighted by Crippen LogP contribution is -2.18. The average molecular weight is 364 g/mol. The van der Waals surface area contributed by atoms with Gasteiger partial charge >= 0.3 is 0 Å². The van der Waals surface area contributed by atoms with Crippen molar-refractivity contribution in [2.24, 2.45) is 0 Å². The quantitative estimate of drug-likeness (QED) is 0.629. The molecule has 8 heteroatoms. The molecule has 0 bridgehead atoms. The number of hydrogen-bond donors (Lipinski definition) is 2. The highest BCUT2D eigenvalue weighted by Gasteiger charge is 2.16. The fourth-order valence-corrected chi connectivity index (χ4v) is 4.54. The van der Waals surface area contributed by atoms with Crippen LogP contribution >= 0.6 is 23.1 Å². The van der Waals surface area contributed by atoms with Gasteiger partial charge in [-0.2, -0.15) is 0 Å². The molecule has 0 unspecified atom stereocenters. The van der Waals surface area contributed by atoms with Gasteiger partial charge in [0.2, 0.25) is 5.91 Å². The van der Waals surface area contributed by atoms with Gasteiger partial charge in [0, 0.05) is 16.1 Å². The first-order valence-corrected chi connectivity index (χ1v) is 9.88. The minimum absolute atomic E-state index is 0.125. The number of fused-ring (bicyclic) bond motifs is 1. The Morgan fingerprint density at radius 3 is 2.83 bits per heavy atom. The highest BCUT2D eigenvalue weighted by atomic mass is 32.2. The van der Waals surface area contributed by atoms with Crippen LogP contribution in [-0.2, 0) is 24.1 Å². The summed E-state index contributed by atoms with van der Waals surface area (Å²) in [4.78, 5) is 36.9. The summed E-state index contributed by atoms with van der Waals surface area (Å²) in [5.41, 5.74) is 2.42. The molecule has 3 rings (SSSR count). The molecular formula is C16H20N4O2S2. The molecule has 0 aromatic carbocycles. The summed E-state index contributed by atoms with van der Waals surface area (Å²) < 4.78 is 0. The van der Waals surface area contributed by atoms with E-state index in [0.717, 1.165) is 24.2 Å². The normalized spacial score (nSPS) is 13.6. The van der Waals surface area contributed by atoms with Crippen LogP contribution in [0, 0.1) is 6.92 Å². The number of aryl methyl sites for hydroxylation is 3. The third-order valence-corrected chi connectivity index (χ3v) is 5.93. The smallest absolute Gasteiger partial charge is 0.254 e. The van der Waals surface area contributed by atoms with Crippen molar-refractivity contribution in [3.05, 3.63) is 32.2 Å². The lowest BCUT2D eigenvalue weighted by atomic mass is 10.0. The summed E-state index contributed by atoms with van der Waals surface area (Å²) in [6.07, 6.45) is 5.08. The van der Waals surface area contributed by atoms with E-state index in [1.807, 2.05) is 13.8 Å². The Morgan fingerprint density at radius 2 is 2.12 bits per heavy atom. The van der Waals surface area contributed by atoms with Gasteiger partial charge in [-0.05, 0) is 39.0 Å². The van der Waals surface area contributed by atoms with Crippen LogP contribution < -0.4 is 10.9 Å². The maximum Gasteiger partial charge on any atom is 0.254 e. The van der Waals surface area contributed by atoms with Crippen molar-refractivity contribution in [1.82, 2.24) is 15.0 Å². The van der Waals surface area contributed by atoms with Crippen LogP contribution in [0.1, 0.15) is 41.6 Å². The molecule has 1 amide bonds. The second-order valence-corrected chi connectivity index (χ2v) is 7.77. The number of aromatic amines is 1. The summed E-state index contributed by atoms with van der Waals surface area (Å²) in [5, 5.41) is 4.00. The van der Waals surface area contributed by atoms with Gasteiger partial charge in [-0.1, -0.05) is 18.7 Å². The Kier molecular flexibility index (Phi) is 5.35. The number of thioether (sulfide) groups is 1. The Bertz CT molecular complexity index is 789. The monoisotopic (exact) mass is 364 g/mol. The molecule has 2 aromatic rings. The highest BCUT2D eigenvalue weighted by Crippen LogP contribution is 2.29. The molecule has 128 valence electrons. The number of nitrogens with one attached hydrogen (secondary N) is 2. The number of rotatable bonds is 5. The van der Waals surface area contributed by atoms with Crippen LogP contribution in [0.3, 0.4) is 0 Å². The molecule has 0 aliphatic heterocycles. The number of hydrogen-bond acceptors (Lipinski definition) is 6.